The normalized spacial score (nSPS) is 19.0. The van der Waals surface area contributed by atoms with Crippen LogP contribution in [0.15, 0.2) is 0 Å². The molecule has 1 rings (SSSR count). The van der Waals surface area contributed by atoms with Crippen LogP contribution < -0.4 is 5.32 Å². The molecule has 0 aromatic heterocycles. The van der Waals surface area contributed by atoms with E-state index in [4.69, 9.17) is 9.84 Å². The molecule has 1 aliphatic rings. The van der Waals surface area contributed by atoms with Crippen molar-refractivity contribution in [1.82, 2.24) is 5.32 Å². The fourth-order valence-electron chi connectivity index (χ4n) is 0.777. The van der Waals surface area contributed by atoms with Gasteiger partial charge in [0.15, 0.2) is 5.54 Å². The molecule has 2 N–H and O–H groups in total. The summed E-state index contributed by atoms with van der Waals surface area (Å²) in [6.07, 6.45) is -1.06. The predicted molar refractivity (Wildman–Crippen MR) is 46.5 cm³/mol. The summed E-state index contributed by atoms with van der Waals surface area (Å²) in [5.41, 5.74) is -0.646. The number of hydrogen-bond donors (Lipinski definition) is 2. The smallest absolute Gasteiger partial charge is 0.406 e. The van der Waals surface area contributed by atoms with Gasteiger partial charge in [-0.1, -0.05) is 5.92 Å². The monoisotopic (exact) mass is 267 g/mol. The van der Waals surface area contributed by atoms with Gasteiger partial charge in [0.25, 0.3) is 0 Å². The molecular formula is C6H6INO3. The van der Waals surface area contributed by atoms with Crippen LogP contribution in [0, 0.1) is 9.85 Å². The molecule has 0 aromatic rings. The van der Waals surface area contributed by atoms with Crippen LogP contribution >= 0.6 is 22.6 Å². The Morgan fingerprint density at radius 1 is 1.73 bits per heavy atom. The minimum Gasteiger partial charge on any atom is -0.465 e. The van der Waals surface area contributed by atoms with Gasteiger partial charge in [-0.25, -0.2) is 4.79 Å². The van der Waals surface area contributed by atoms with E-state index in [1.807, 2.05) is 22.6 Å². The Balaban J connectivity index is 2.58. The number of ether oxygens (including phenoxy) is 1. The molecule has 0 atom stereocenters. The van der Waals surface area contributed by atoms with Gasteiger partial charge < -0.3 is 15.2 Å². The molecule has 1 heterocycles. The molecule has 0 saturated carbocycles. The largest absolute Gasteiger partial charge is 0.465 e. The standard InChI is InChI=1S/C6H6INO3/c7-2-1-6(3-11-4-6)8-5(9)10/h8H,3-4H2,(H,9,10). The molecule has 1 aliphatic heterocycles. The second kappa shape index (κ2) is 3.28. The molecule has 1 amide bonds. The Morgan fingerprint density at radius 3 is 2.64 bits per heavy atom. The van der Waals surface area contributed by atoms with Crippen molar-refractivity contribution in [3.63, 3.8) is 0 Å². The van der Waals surface area contributed by atoms with E-state index in [0.29, 0.717) is 13.2 Å². The first kappa shape index (κ1) is 8.62. The molecule has 0 radical (unpaired) electrons. The minimum atomic E-state index is -1.06. The lowest BCUT2D eigenvalue weighted by Crippen LogP contribution is -2.61. The number of nitrogens with one attached hydrogen (secondary N) is 1. The first-order chi connectivity index (χ1) is 5.18. The number of hydrogen-bond acceptors (Lipinski definition) is 2. The molecule has 0 bridgehead atoms. The van der Waals surface area contributed by atoms with Gasteiger partial charge in [-0.3, -0.25) is 0 Å². The summed E-state index contributed by atoms with van der Waals surface area (Å²) in [6.45, 7) is 0.685. The van der Waals surface area contributed by atoms with E-state index >= 15 is 0 Å². The third-order valence-electron chi connectivity index (χ3n) is 1.33. The van der Waals surface area contributed by atoms with Crippen molar-refractivity contribution in [3.05, 3.63) is 0 Å². The van der Waals surface area contributed by atoms with E-state index in [2.05, 4.69) is 15.2 Å². The van der Waals surface area contributed by atoms with Gasteiger partial charge in [0.1, 0.15) is 0 Å². The average molecular weight is 267 g/mol. The van der Waals surface area contributed by atoms with Crippen LogP contribution in [-0.4, -0.2) is 30.0 Å². The topological polar surface area (TPSA) is 58.6 Å². The molecule has 0 aliphatic carbocycles. The zero-order valence-electron chi connectivity index (χ0n) is 5.56. The summed E-state index contributed by atoms with van der Waals surface area (Å²) in [5, 5.41) is 10.7. The van der Waals surface area contributed by atoms with Crippen molar-refractivity contribution in [3.8, 4) is 9.85 Å². The number of carbonyl (C=O) groups is 1. The Bertz CT molecular complexity index is 226. The summed E-state index contributed by atoms with van der Waals surface area (Å²) in [4.78, 5) is 10.2. The predicted octanol–water partition coefficient (Wildman–Crippen LogP) is 0.419. The van der Waals surface area contributed by atoms with E-state index in [0.717, 1.165) is 0 Å². The lowest BCUT2D eigenvalue weighted by atomic mass is 9.99. The minimum absolute atomic E-state index is 0.343. The summed E-state index contributed by atoms with van der Waals surface area (Å²) in [6, 6.07) is 0. The van der Waals surface area contributed by atoms with Gasteiger partial charge >= 0.3 is 6.09 Å². The maximum atomic E-state index is 10.2. The van der Waals surface area contributed by atoms with Gasteiger partial charge in [-0.2, -0.15) is 0 Å². The van der Waals surface area contributed by atoms with E-state index in [-0.39, 0.29) is 0 Å². The van der Waals surface area contributed by atoms with Crippen molar-refractivity contribution < 1.29 is 14.6 Å². The van der Waals surface area contributed by atoms with Gasteiger partial charge in [0, 0.05) is 22.6 Å². The highest BCUT2D eigenvalue weighted by Crippen LogP contribution is 2.15. The fraction of sp³-hybridized carbons (Fsp3) is 0.500. The maximum absolute atomic E-state index is 10.2. The summed E-state index contributed by atoms with van der Waals surface area (Å²) < 4.78 is 7.49. The molecule has 0 aromatic carbocycles. The molecule has 0 spiro atoms. The first-order valence-electron chi connectivity index (χ1n) is 2.90. The number of rotatable bonds is 1. The highest BCUT2D eigenvalue weighted by Gasteiger charge is 2.38. The van der Waals surface area contributed by atoms with Gasteiger partial charge in [0.05, 0.1) is 13.2 Å². The zero-order valence-corrected chi connectivity index (χ0v) is 7.71. The average Bonchev–Trinajstić information content (AvgIpc) is 1.82. The highest BCUT2D eigenvalue weighted by atomic mass is 127. The molecule has 60 valence electrons. The second-order valence-electron chi connectivity index (χ2n) is 2.22. The lowest BCUT2D eigenvalue weighted by molar-refractivity contribution is -0.0392. The van der Waals surface area contributed by atoms with Crippen LogP contribution in [0.3, 0.4) is 0 Å². The SMILES string of the molecule is O=C(O)NC1(C#CI)COC1. The Labute approximate surface area is 77.4 Å². The third-order valence-corrected chi connectivity index (χ3v) is 1.60. The second-order valence-corrected chi connectivity index (χ2v) is 2.76. The van der Waals surface area contributed by atoms with Crippen LogP contribution in [0.25, 0.3) is 0 Å². The Hall–Kier alpha value is -0.480. The van der Waals surface area contributed by atoms with Gasteiger partial charge in [0.2, 0.25) is 0 Å². The van der Waals surface area contributed by atoms with Crippen molar-refractivity contribution in [2.24, 2.45) is 0 Å². The van der Waals surface area contributed by atoms with Crippen molar-refractivity contribution in [2.45, 2.75) is 5.54 Å². The number of halogens is 1. The first-order valence-corrected chi connectivity index (χ1v) is 3.98. The summed E-state index contributed by atoms with van der Waals surface area (Å²) >= 11 is 1.87. The zero-order chi connectivity index (χ0) is 8.32. The van der Waals surface area contributed by atoms with Crippen molar-refractivity contribution in [1.29, 1.82) is 0 Å². The molecule has 5 heteroatoms. The maximum Gasteiger partial charge on any atom is 0.406 e. The van der Waals surface area contributed by atoms with Gasteiger partial charge in [-0.15, -0.1) is 0 Å². The van der Waals surface area contributed by atoms with E-state index in [1.165, 1.54) is 0 Å². The Kier molecular flexibility index (Phi) is 2.57. The third kappa shape index (κ3) is 1.97. The molecular weight excluding hydrogens is 261 g/mol. The number of carboxylic acid groups (broad SMARTS) is 1. The van der Waals surface area contributed by atoms with E-state index in [9.17, 15) is 4.79 Å². The van der Waals surface area contributed by atoms with Crippen LogP contribution in [0.5, 0.6) is 0 Å². The molecule has 4 nitrogen and oxygen atoms in total. The summed E-state index contributed by atoms with van der Waals surface area (Å²) in [5.74, 6) is 2.75. The highest BCUT2D eigenvalue weighted by molar-refractivity contribution is 14.1. The Morgan fingerprint density at radius 2 is 2.36 bits per heavy atom. The fourth-order valence-corrected chi connectivity index (χ4v) is 1.29. The lowest BCUT2D eigenvalue weighted by Gasteiger charge is -2.36. The molecule has 1 fully saturated rings. The van der Waals surface area contributed by atoms with Gasteiger partial charge in [-0.05, 0) is 3.93 Å². The van der Waals surface area contributed by atoms with E-state index in [1.54, 1.807) is 0 Å². The molecule has 1 saturated heterocycles. The number of amides is 1. The van der Waals surface area contributed by atoms with Crippen LogP contribution in [0.4, 0.5) is 4.79 Å². The van der Waals surface area contributed by atoms with Crippen LogP contribution in [0.1, 0.15) is 0 Å². The van der Waals surface area contributed by atoms with Crippen LogP contribution in [0.2, 0.25) is 0 Å². The van der Waals surface area contributed by atoms with Crippen molar-refractivity contribution in [2.75, 3.05) is 13.2 Å². The van der Waals surface area contributed by atoms with E-state index < -0.39 is 11.6 Å². The van der Waals surface area contributed by atoms with Crippen LogP contribution in [-0.2, 0) is 4.74 Å². The quantitative estimate of drug-likeness (QED) is 0.534. The molecule has 11 heavy (non-hydrogen) atoms. The summed E-state index contributed by atoms with van der Waals surface area (Å²) in [7, 11) is 0. The van der Waals surface area contributed by atoms with Crippen molar-refractivity contribution >= 4 is 28.7 Å². The molecule has 0 unspecified atom stereocenters.